The minimum absolute atomic E-state index is 0.0724. The highest BCUT2D eigenvalue weighted by Crippen LogP contribution is 2.33. The second-order valence-corrected chi connectivity index (χ2v) is 9.75. The number of hydrogen-bond acceptors (Lipinski definition) is 8. The Kier molecular flexibility index (Phi) is 7.25. The molecule has 1 amide bonds. The standard InChI is InChI=1S/C25H26FN3O5S/c1-14(34-17-6-8-20(27-11-17)23(32)15-3-4-15)22-10-21(29-35-22)16-5-7-18(19(26)9-16)24(33)28-25(2,12-30)13-31/h5-11,14-15,30-31H,3-4,12-13H2,1-2H3,(H,28,33)/t14-/m1/s1. The van der Waals surface area contributed by atoms with Gasteiger partial charge in [-0.05, 0) is 68.6 Å². The lowest BCUT2D eigenvalue weighted by atomic mass is 10.0. The van der Waals surface area contributed by atoms with E-state index >= 15 is 0 Å². The number of halogens is 1. The first-order chi connectivity index (χ1) is 16.7. The van der Waals surface area contributed by atoms with Crippen LogP contribution in [0.4, 0.5) is 4.39 Å². The fraction of sp³-hybridized carbons (Fsp3) is 0.360. The van der Waals surface area contributed by atoms with E-state index in [2.05, 4.69) is 14.7 Å². The maximum atomic E-state index is 14.7. The van der Waals surface area contributed by atoms with Gasteiger partial charge in [0.05, 0.1) is 41.1 Å². The Bertz CT molecular complexity index is 1220. The summed E-state index contributed by atoms with van der Waals surface area (Å²) in [5.41, 5.74) is 0.00935. The van der Waals surface area contributed by atoms with Crippen molar-refractivity contribution in [2.24, 2.45) is 5.92 Å². The number of benzene rings is 1. The summed E-state index contributed by atoms with van der Waals surface area (Å²) in [6, 6.07) is 9.32. The molecule has 0 radical (unpaired) electrons. The molecule has 1 aromatic carbocycles. The van der Waals surface area contributed by atoms with Gasteiger partial charge in [-0.2, -0.15) is 4.37 Å². The van der Waals surface area contributed by atoms with Crippen molar-refractivity contribution in [1.82, 2.24) is 14.7 Å². The lowest BCUT2D eigenvalue weighted by Crippen LogP contribution is -2.51. The Labute approximate surface area is 206 Å². The van der Waals surface area contributed by atoms with E-state index in [0.29, 0.717) is 22.7 Å². The maximum absolute atomic E-state index is 14.7. The number of carbonyl (C=O) groups excluding carboxylic acids is 2. The van der Waals surface area contributed by atoms with Gasteiger partial charge in [0, 0.05) is 11.5 Å². The molecule has 0 spiro atoms. The molecule has 3 aromatic rings. The summed E-state index contributed by atoms with van der Waals surface area (Å²) < 4.78 is 25.0. The molecule has 184 valence electrons. The number of aliphatic hydroxyl groups excluding tert-OH is 2. The quantitative estimate of drug-likeness (QED) is 0.365. The number of Topliss-reactive ketones (excluding diaryl/α,β-unsaturated/α-hetero) is 1. The van der Waals surface area contributed by atoms with Gasteiger partial charge < -0.3 is 20.3 Å². The Morgan fingerprint density at radius 2 is 1.97 bits per heavy atom. The number of aromatic nitrogens is 2. The van der Waals surface area contributed by atoms with Gasteiger partial charge in [0.15, 0.2) is 5.78 Å². The third-order valence-corrected chi connectivity index (χ3v) is 6.75. The number of aliphatic hydroxyl groups is 2. The van der Waals surface area contributed by atoms with Crippen LogP contribution in [0.25, 0.3) is 11.3 Å². The van der Waals surface area contributed by atoms with Crippen LogP contribution in [-0.2, 0) is 0 Å². The van der Waals surface area contributed by atoms with Crippen molar-refractivity contribution >= 4 is 23.2 Å². The fourth-order valence-electron chi connectivity index (χ4n) is 3.36. The minimum atomic E-state index is -1.26. The first kappa shape index (κ1) is 24.9. The molecule has 4 rings (SSSR count). The van der Waals surface area contributed by atoms with Crippen molar-refractivity contribution in [3.05, 3.63) is 64.5 Å². The summed E-state index contributed by atoms with van der Waals surface area (Å²) in [5, 5.41) is 21.1. The molecule has 1 saturated carbocycles. The van der Waals surface area contributed by atoms with Gasteiger partial charge in [0.25, 0.3) is 5.91 Å². The fourth-order valence-corrected chi connectivity index (χ4v) is 4.08. The second-order valence-electron chi connectivity index (χ2n) is 8.92. The van der Waals surface area contributed by atoms with Gasteiger partial charge >= 0.3 is 0 Å². The third kappa shape index (κ3) is 5.72. The first-order valence-corrected chi connectivity index (χ1v) is 12.0. The lowest BCUT2D eigenvalue weighted by Gasteiger charge is -2.26. The van der Waals surface area contributed by atoms with Gasteiger partial charge in [0.1, 0.15) is 23.4 Å². The topological polar surface area (TPSA) is 122 Å². The predicted octanol–water partition coefficient (Wildman–Crippen LogP) is 3.55. The molecule has 35 heavy (non-hydrogen) atoms. The van der Waals surface area contributed by atoms with Gasteiger partial charge in [-0.1, -0.05) is 6.07 Å². The number of hydrogen-bond donors (Lipinski definition) is 3. The predicted molar refractivity (Wildman–Crippen MR) is 128 cm³/mol. The van der Waals surface area contributed by atoms with Crippen LogP contribution >= 0.6 is 11.5 Å². The largest absolute Gasteiger partial charge is 0.484 e. The van der Waals surface area contributed by atoms with Crippen LogP contribution in [0.5, 0.6) is 5.75 Å². The van der Waals surface area contributed by atoms with E-state index in [0.717, 1.165) is 17.7 Å². The molecule has 2 aromatic heterocycles. The van der Waals surface area contributed by atoms with E-state index in [1.165, 1.54) is 36.8 Å². The number of nitrogens with zero attached hydrogens (tertiary/aromatic N) is 2. The number of rotatable bonds is 10. The third-order valence-electron chi connectivity index (χ3n) is 5.80. The maximum Gasteiger partial charge on any atom is 0.254 e. The normalized spacial score (nSPS) is 14.4. The van der Waals surface area contributed by atoms with E-state index in [1.807, 2.05) is 6.92 Å². The molecule has 0 bridgehead atoms. The summed E-state index contributed by atoms with van der Waals surface area (Å²) >= 11 is 1.22. The van der Waals surface area contributed by atoms with E-state index in [-0.39, 0.29) is 23.4 Å². The Morgan fingerprint density at radius 1 is 1.23 bits per heavy atom. The van der Waals surface area contributed by atoms with Crippen LogP contribution in [0.2, 0.25) is 0 Å². The SMILES string of the molecule is C[C@@H](Oc1ccc(C(=O)C2CC2)nc1)c1cc(-c2ccc(C(=O)NC(C)(CO)CO)c(F)c2)ns1. The average molecular weight is 500 g/mol. The van der Waals surface area contributed by atoms with Crippen molar-refractivity contribution < 1.29 is 28.9 Å². The summed E-state index contributed by atoms with van der Waals surface area (Å²) in [6.07, 6.45) is 3.04. The summed E-state index contributed by atoms with van der Waals surface area (Å²) in [4.78, 5) is 29.5. The van der Waals surface area contributed by atoms with Crippen LogP contribution in [0.15, 0.2) is 42.6 Å². The number of amides is 1. The lowest BCUT2D eigenvalue weighted by molar-refractivity contribution is 0.0720. The van der Waals surface area contributed by atoms with Crippen LogP contribution in [-0.4, -0.2) is 50.0 Å². The van der Waals surface area contributed by atoms with Crippen LogP contribution in [0.3, 0.4) is 0 Å². The number of ether oxygens (including phenoxy) is 1. The van der Waals surface area contributed by atoms with E-state index in [1.54, 1.807) is 24.3 Å². The summed E-state index contributed by atoms with van der Waals surface area (Å²) in [5.74, 6) is -0.774. The van der Waals surface area contributed by atoms with Crippen molar-refractivity contribution in [2.75, 3.05) is 13.2 Å². The van der Waals surface area contributed by atoms with Crippen molar-refractivity contribution in [1.29, 1.82) is 0 Å². The molecule has 1 atom stereocenters. The van der Waals surface area contributed by atoms with Crippen LogP contribution < -0.4 is 10.1 Å². The highest BCUT2D eigenvalue weighted by atomic mass is 32.1. The molecule has 1 fully saturated rings. The molecule has 1 aliphatic carbocycles. The van der Waals surface area contributed by atoms with E-state index in [9.17, 15) is 24.2 Å². The molecule has 1 aliphatic rings. The van der Waals surface area contributed by atoms with Crippen molar-refractivity contribution in [3.8, 4) is 17.0 Å². The van der Waals surface area contributed by atoms with Crippen LogP contribution in [0, 0.1) is 11.7 Å². The van der Waals surface area contributed by atoms with Crippen LogP contribution in [0.1, 0.15) is 58.5 Å². The molecular weight excluding hydrogens is 473 g/mol. The molecule has 10 heteroatoms. The summed E-state index contributed by atoms with van der Waals surface area (Å²) in [7, 11) is 0. The van der Waals surface area contributed by atoms with Crippen molar-refractivity contribution in [3.63, 3.8) is 0 Å². The number of pyridine rings is 1. The van der Waals surface area contributed by atoms with Gasteiger partial charge in [-0.3, -0.25) is 9.59 Å². The number of nitrogens with one attached hydrogen (secondary N) is 1. The number of carbonyl (C=O) groups is 2. The monoisotopic (exact) mass is 499 g/mol. The van der Waals surface area contributed by atoms with Gasteiger partial charge in [-0.15, -0.1) is 0 Å². The smallest absolute Gasteiger partial charge is 0.254 e. The van der Waals surface area contributed by atoms with E-state index in [4.69, 9.17) is 4.74 Å². The van der Waals surface area contributed by atoms with Crippen molar-refractivity contribution in [2.45, 2.75) is 38.3 Å². The molecule has 8 nitrogen and oxygen atoms in total. The molecular formula is C25H26FN3O5S. The zero-order valence-corrected chi connectivity index (χ0v) is 20.1. The molecule has 0 unspecified atom stereocenters. The second kappa shape index (κ2) is 10.2. The molecule has 0 aliphatic heterocycles. The van der Waals surface area contributed by atoms with Gasteiger partial charge in [0.2, 0.25) is 0 Å². The van der Waals surface area contributed by atoms with E-state index < -0.39 is 30.5 Å². The molecule has 2 heterocycles. The highest BCUT2D eigenvalue weighted by Gasteiger charge is 2.31. The molecule has 0 saturated heterocycles. The highest BCUT2D eigenvalue weighted by molar-refractivity contribution is 7.06. The minimum Gasteiger partial charge on any atom is -0.484 e. The average Bonchev–Trinajstić information content (AvgIpc) is 3.59. The zero-order chi connectivity index (χ0) is 25.2. The molecule has 3 N–H and O–H groups in total. The van der Waals surface area contributed by atoms with Gasteiger partial charge in [-0.25, -0.2) is 9.37 Å². The summed E-state index contributed by atoms with van der Waals surface area (Å²) in [6.45, 7) is 2.33. The first-order valence-electron chi connectivity index (χ1n) is 11.2. The zero-order valence-electron chi connectivity index (χ0n) is 19.3. The Balaban J connectivity index is 1.42. The number of ketones is 1. The Morgan fingerprint density at radius 3 is 2.57 bits per heavy atom. The Hall–Kier alpha value is -3.21.